The van der Waals surface area contributed by atoms with Crippen LogP contribution >= 0.6 is 23.1 Å². The number of thioether (sulfide) groups is 1. The van der Waals surface area contributed by atoms with Crippen molar-refractivity contribution >= 4 is 23.1 Å². The number of aromatic nitrogens is 2. The number of nitrogens with zero attached hydrogens (tertiary/aromatic N) is 2. The molecule has 1 fully saturated rings. The lowest BCUT2D eigenvalue weighted by atomic mass is 10.0. The monoisotopic (exact) mass is 443 g/mol. The summed E-state index contributed by atoms with van der Waals surface area (Å²) in [6, 6.07) is 16.0. The molecule has 0 saturated carbocycles. The number of aliphatic hydroxyl groups excluding tert-OH is 1. The Labute approximate surface area is 184 Å². The molecule has 0 radical (unpaired) electrons. The minimum absolute atomic E-state index is 0.00894. The maximum atomic E-state index is 9.32. The molecule has 1 aromatic heterocycles. The van der Waals surface area contributed by atoms with Gasteiger partial charge in [0.1, 0.15) is 5.01 Å². The van der Waals surface area contributed by atoms with Crippen molar-refractivity contribution in [2.45, 2.75) is 49.3 Å². The minimum Gasteiger partial charge on any atom is -0.392 e. The van der Waals surface area contributed by atoms with E-state index in [0.29, 0.717) is 6.54 Å². The highest BCUT2D eigenvalue weighted by molar-refractivity contribution is 8.01. The summed E-state index contributed by atoms with van der Waals surface area (Å²) in [7, 11) is 0. The summed E-state index contributed by atoms with van der Waals surface area (Å²) < 4.78 is 13.6. The normalized spacial score (nSPS) is 21.6. The molecule has 1 aliphatic heterocycles. The summed E-state index contributed by atoms with van der Waals surface area (Å²) >= 11 is 3.27. The first-order valence-corrected chi connectivity index (χ1v) is 11.7. The van der Waals surface area contributed by atoms with Gasteiger partial charge in [0.15, 0.2) is 10.6 Å². The fourth-order valence-corrected chi connectivity index (χ4v) is 5.19. The third-order valence-corrected chi connectivity index (χ3v) is 7.11. The van der Waals surface area contributed by atoms with Gasteiger partial charge in [-0.3, -0.25) is 0 Å². The zero-order valence-electron chi connectivity index (χ0n) is 16.7. The van der Waals surface area contributed by atoms with Crippen molar-refractivity contribution in [2.24, 2.45) is 5.73 Å². The fourth-order valence-electron chi connectivity index (χ4n) is 3.33. The van der Waals surface area contributed by atoms with E-state index in [4.69, 9.17) is 15.2 Å². The van der Waals surface area contributed by atoms with Gasteiger partial charge in [-0.1, -0.05) is 71.6 Å². The van der Waals surface area contributed by atoms with Crippen LogP contribution in [0.15, 0.2) is 52.9 Å². The number of aryl methyl sites for hydroxylation is 1. The Morgan fingerprint density at radius 2 is 1.73 bits per heavy atom. The van der Waals surface area contributed by atoms with Gasteiger partial charge in [-0.25, -0.2) is 0 Å². The summed E-state index contributed by atoms with van der Waals surface area (Å²) in [5.74, 6) is 0.778. The Morgan fingerprint density at radius 1 is 1.03 bits per heavy atom. The highest BCUT2D eigenvalue weighted by Crippen LogP contribution is 2.39. The molecular weight excluding hydrogens is 418 g/mol. The minimum atomic E-state index is -0.449. The first-order chi connectivity index (χ1) is 14.6. The van der Waals surface area contributed by atoms with Crippen molar-refractivity contribution in [1.29, 1.82) is 0 Å². The van der Waals surface area contributed by atoms with E-state index in [1.54, 1.807) is 23.1 Å². The van der Waals surface area contributed by atoms with Gasteiger partial charge in [0.25, 0.3) is 0 Å². The third-order valence-electron chi connectivity index (χ3n) is 5.00. The van der Waals surface area contributed by atoms with E-state index in [-0.39, 0.29) is 18.8 Å². The predicted molar refractivity (Wildman–Crippen MR) is 118 cm³/mol. The molecule has 1 unspecified atom stereocenters. The number of hydrogen-bond acceptors (Lipinski definition) is 8. The molecule has 1 aliphatic rings. The molecule has 3 aromatic rings. The van der Waals surface area contributed by atoms with E-state index in [9.17, 15) is 5.11 Å². The lowest BCUT2D eigenvalue weighted by Crippen LogP contribution is -2.31. The molecule has 30 heavy (non-hydrogen) atoms. The number of rotatable bonds is 7. The lowest BCUT2D eigenvalue weighted by molar-refractivity contribution is -0.245. The summed E-state index contributed by atoms with van der Waals surface area (Å²) in [5, 5.41) is 18.6. The molecular formula is C22H25N3O3S2. The van der Waals surface area contributed by atoms with E-state index in [2.05, 4.69) is 10.2 Å². The van der Waals surface area contributed by atoms with Crippen LogP contribution in [0.25, 0.3) is 0 Å². The standard InChI is InChI=1S/C22H25N3O3S2/c1-14-24-25-22(30-14)29-13-19-10-20(17-6-4-16(12-26)5-7-17)28-21(27-19)18-8-2-15(11-23)3-9-18/h2-9,19-21,26H,10-13,23H2,1H3/t19-,20+,21?/m0/s1. The average molecular weight is 444 g/mol. The van der Waals surface area contributed by atoms with E-state index in [1.807, 2.05) is 55.5 Å². The zero-order chi connectivity index (χ0) is 20.9. The average Bonchev–Trinajstić information content (AvgIpc) is 3.22. The van der Waals surface area contributed by atoms with Crippen LogP contribution in [0, 0.1) is 6.92 Å². The van der Waals surface area contributed by atoms with Crippen molar-refractivity contribution in [2.75, 3.05) is 5.75 Å². The van der Waals surface area contributed by atoms with Gasteiger partial charge in [-0.15, -0.1) is 10.2 Å². The maximum Gasteiger partial charge on any atom is 0.184 e. The molecule has 2 aromatic carbocycles. The van der Waals surface area contributed by atoms with Crippen LogP contribution in [0.4, 0.5) is 0 Å². The Morgan fingerprint density at radius 3 is 2.37 bits per heavy atom. The first-order valence-electron chi connectivity index (χ1n) is 9.87. The van der Waals surface area contributed by atoms with E-state index < -0.39 is 6.29 Å². The van der Waals surface area contributed by atoms with Gasteiger partial charge in [-0.05, 0) is 23.6 Å². The highest BCUT2D eigenvalue weighted by Gasteiger charge is 2.32. The number of benzene rings is 2. The summed E-state index contributed by atoms with van der Waals surface area (Å²) in [6.07, 6.45) is 0.220. The van der Waals surface area contributed by atoms with Crippen LogP contribution in [-0.4, -0.2) is 27.2 Å². The predicted octanol–water partition coefficient (Wildman–Crippen LogP) is 4.14. The molecule has 3 N–H and O–H groups in total. The number of aliphatic hydroxyl groups is 1. The third kappa shape index (κ3) is 5.26. The molecule has 1 saturated heterocycles. The second-order valence-electron chi connectivity index (χ2n) is 7.19. The largest absolute Gasteiger partial charge is 0.392 e. The number of ether oxygens (including phenoxy) is 2. The van der Waals surface area contributed by atoms with Crippen LogP contribution in [0.3, 0.4) is 0 Å². The van der Waals surface area contributed by atoms with Crippen molar-refractivity contribution in [3.8, 4) is 0 Å². The van der Waals surface area contributed by atoms with Crippen molar-refractivity contribution in [1.82, 2.24) is 10.2 Å². The van der Waals surface area contributed by atoms with Crippen LogP contribution in [0.2, 0.25) is 0 Å². The quantitative estimate of drug-likeness (QED) is 0.531. The van der Waals surface area contributed by atoms with Crippen molar-refractivity contribution in [3.63, 3.8) is 0 Å². The van der Waals surface area contributed by atoms with Gasteiger partial charge in [0.2, 0.25) is 0 Å². The van der Waals surface area contributed by atoms with Crippen LogP contribution in [0.1, 0.15) is 46.1 Å². The van der Waals surface area contributed by atoms with Crippen LogP contribution in [-0.2, 0) is 22.6 Å². The molecule has 6 nitrogen and oxygen atoms in total. The smallest absolute Gasteiger partial charge is 0.184 e. The van der Waals surface area contributed by atoms with Gasteiger partial charge >= 0.3 is 0 Å². The van der Waals surface area contributed by atoms with Crippen LogP contribution < -0.4 is 5.73 Å². The van der Waals surface area contributed by atoms with Gasteiger partial charge in [0.05, 0.1) is 18.8 Å². The molecule has 3 atom stereocenters. The molecule has 4 rings (SSSR count). The number of nitrogens with two attached hydrogens (primary N) is 1. The summed E-state index contributed by atoms with van der Waals surface area (Å²) in [5.41, 5.74) is 9.75. The molecule has 0 amide bonds. The van der Waals surface area contributed by atoms with Gasteiger partial charge < -0.3 is 20.3 Å². The second-order valence-corrected chi connectivity index (χ2v) is 9.64. The van der Waals surface area contributed by atoms with E-state index in [1.165, 1.54) is 0 Å². The van der Waals surface area contributed by atoms with Gasteiger partial charge in [-0.2, -0.15) is 0 Å². The summed E-state index contributed by atoms with van der Waals surface area (Å²) in [6.45, 7) is 2.50. The fraction of sp³-hybridized carbons (Fsp3) is 0.364. The molecule has 158 valence electrons. The van der Waals surface area contributed by atoms with Crippen molar-refractivity contribution < 1.29 is 14.6 Å². The van der Waals surface area contributed by atoms with E-state index in [0.717, 1.165) is 43.8 Å². The molecule has 0 spiro atoms. The first kappa shape index (κ1) is 21.4. The van der Waals surface area contributed by atoms with Gasteiger partial charge in [0, 0.05) is 24.3 Å². The Balaban J connectivity index is 1.52. The maximum absolute atomic E-state index is 9.32. The van der Waals surface area contributed by atoms with Crippen molar-refractivity contribution in [3.05, 3.63) is 75.8 Å². The molecule has 2 heterocycles. The second kappa shape index (κ2) is 10.00. The Hall–Kier alpha value is -1.81. The number of hydrogen-bond donors (Lipinski definition) is 2. The zero-order valence-corrected chi connectivity index (χ0v) is 18.4. The van der Waals surface area contributed by atoms with Crippen LogP contribution in [0.5, 0.6) is 0 Å². The molecule has 0 bridgehead atoms. The summed E-state index contributed by atoms with van der Waals surface area (Å²) in [4.78, 5) is 0. The van der Waals surface area contributed by atoms with E-state index >= 15 is 0 Å². The Kier molecular flexibility index (Phi) is 7.14. The lowest BCUT2D eigenvalue weighted by Gasteiger charge is -2.36. The Bertz CT molecular complexity index is 892. The molecule has 0 aliphatic carbocycles. The SMILES string of the molecule is Cc1nnc(SC[C@@H]2C[C@H](c3ccc(CO)cc3)OC(c3ccc(CN)cc3)O2)s1. The molecule has 8 heteroatoms. The highest BCUT2D eigenvalue weighted by atomic mass is 32.2. The topological polar surface area (TPSA) is 90.5 Å².